The molecule has 0 bridgehead atoms. The first-order valence-electron chi connectivity index (χ1n) is 16.5. The Kier molecular flexibility index (Phi) is 10.6. The molecular formula is C35H39F5N6O4. The fourth-order valence-corrected chi connectivity index (χ4v) is 6.45. The fourth-order valence-electron chi connectivity index (χ4n) is 6.45. The molecule has 15 heteroatoms. The molecule has 4 N–H and O–H groups in total. The minimum atomic E-state index is -4.64. The normalized spacial score (nSPS) is 18.5. The molecule has 2 aromatic heterocycles. The highest BCUT2D eigenvalue weighted by Gasteiger charge is 2.47. The maximum absolute atomic E-state index is 14.5. The van der Waals surface area contributed by atoms with Crippen molar-refractivity contribution in [3.05, 3.63) is 82.6 Å². The van der Waals surface area contributed by atoms with Crippen molar-refractivity contribution in [2.75, 3.05) is 0 Å². The molecule has 10 nitrogen and oxygen atoms in total. The third kappa shape index (κ3) is 7.36. The van der Waals surface area contributed by atoms with Crippen molar-refractivity contribution >= 4 is 28.6 Å². The number of aryl methyl sites for hydroxylation is 1. The number of aromatic nitrogens is 3. The van der Waals surface area contributed by atoms with E-state index < -0.39 is 76.6 Å². The Balaban J connectivity index is 1.52. The minimum absolute atomic E-state index is 0.00951. The number of H-pyrrole nitrogens is 1. The fraction of sp³-hybridized carbons (Fsp3) is 0.457. The molecule has 0 radical (unpaired) electrons. The zero-order valence-electron chi connectivity index (χ0n) is 28.0. The van der Waals surface area contributed by atoms with Crippen molar-refractivity contribution in [3.63, 3.8) is 0 Å². The summed E-state index contributed by atoms with van der Waals surface area (Å²) >= 11 is 0. The molecule has 5 atom stereocenters. The van der Waals surface area contributed by atoms with Gasteiger partial charge in [-0.05, 0) is 48.4 Å². The molecule has 2 unspecified atom stereocenters. The average molecular weight is 703 g/mol. The molecule has 3 amide bonds. The second-order valence-corrected chi connectivity index (χ2v) is 13.0. The molecule has 1 aliphatic rings. The van der Waals surface area contributed by atoms with Crippen molar-refractivity contribution in [2.24, 2.45) is 11.8 Å². The number of carbonyl (C=O) groups excluding carboxylic acids is 3. The largest absolute Gasteiger partial charge is 0.418 e. The summed E-state index contributed by atoms with van der Waals surface area (Å²) < 4.78 is 75.9. The monoisotopic (exact) mass is 702 g/mol. The summed E-state index contributed by atoms with van der Waals surface area (Å²) in [6, 6.07) is 5.01. The maximum atomic E-state index is 14.5. The van der Waals surface area contributed by atoms with E-state index in [1.165, 1.54) is 24.5 Å². The van der Waals surface area contributed by atoms with Crippen LogP contribution in [0.5, 0.6) is 0 Å². The van der Waals surface area contributed by atoms with Crippen LogP contribution in [-0.2, 0) is 39.8 Å². The van der Waals surface area contributed by atoms with Gasteiger partial charge in [0.25, 0.3) is 0 Å². The van der Waals surface area contributed by atoms with Crippen molar-refractivity contribution in [3.8, 4) is 0 Å². The molecule has 0 saturated carbocycles. The number of nitrogens with one attached hydrogen (secondary N) is 4. The number of benzene rings is 2. The quantitative estimate of drug-likeness (QED) is 0.136. The lowest BCUT2D eigenvalue weighted by molar-refractivity contribution is -0.137. The van der Waals surface area contributed by atoms with Crippen LogP contribution in [-0.4, -0.2) is 44.4 Å². The van der Waals surface area contributed by atoms with Gasteiger partial charge in [-0.25, -0.2) is 8.78 Å². The molecular weight excluding hydrogens is 663 g/mol. The van der Waals surface area contributed by atoms with E-state index in [4.69, 9.17) is 4.52 Å². The van der Waals surface area contributed by atoms with Gasteiger partial charge < -0.3 is 25.5 Å². The highest BCUT2D eigenvalue weighted by molar-refractivity contribution is 5.97. The first-order valence-corrected chi connectivity index (χ1v) is 16.5. The highest BCUT2D eigenvalue weighted by Crippen LogP contribution is 2.40. The number of halogens is 5. The van der Waals surface area contributed by atoms with E-state index >= 15 is 0 Å². The van der Waals surface area contributed by atoms with Crippen molar-refractivity contribution in [1.82, 2.24) is 31.1 Å². The van der Waals surface area contributed by atoms with Crippen LogP contribution in [0.3, 0.4) is 0 Å². The Morgan fingerprint density at radius 3 is 2.30 bits per heavy atom. The van der Waals surface area contributed by atoms with E-state index in [2.05, 4.69) is 31.1 Å². The number of rotatable bonds is 12. The van der Waals surface area contributed by atoms with Gasteiger partial charge in [-0.2, -0.15) is 18.2 Å². The molecule has 0 spiro atoms. The second-order valence-electron chi connectivity index (χ2n) is 13.0. The molecule has 2 heterocycles. The van der Waals surface area contributed by atoms with Crippen molar-refractivity contribution in [2.45, 2.75) is 90.0 Å². The van der Waals surface area contributed by atoms with Crippen LogP contribution in [0.25, 0.3) is 10.9 Å². The number of fused-ring (bicyclic) bond motifs is 3. The molecule has 2 aromatic carbocycles. The van der Waals surface area contributed by atoms with E-state index in [-0.39, 0.29) is 42.0 Å². The van der Waals surface area contributed by atoms with Gasteiger partial charge in [-0.15, -0.1) is 0 Å². The van der Waals surface area contributed by atoms with E-state index in [9.17, 15) is 36.3 Å². The van der Waals surface area contributed by atoms with E-state index in [0.717, 1.165) is 18.2 Å². The lowest BCUT2D eigenvalue weighted by atomic mass is 9.78. The van der Waals surface area contributed by atoms with Crippen LogP contribution in [0.1, 0.15) is 81.3 Å². The third-order valence-corrected chi connectivity index (χ3v) is 9.77. The average Bonchev–Trinajstić information content (AvgIpc) is 3.74. The number of hydrogen-bond acceptors (Lipinski definition) is 6. The zero-order valence-corrected chi connectivity index (χ0v) is 28.0. The lowest BCUT2D eigenvalue weighted by Crippen LogP contribution is -2.65. The van der Waals surface area contributed by atoms with Crippen molar-refractivity contribution in [1.29, 1.82) is 0 Å². The molecule has 0 fully saturated rings. The summed E-state index contributed by atoms with van der Waals surface area (Å²) in [5, 5.41) is 12.3. The molecule has 268 valence electrons. The van der Waals surface area contributed by atoms with Gasteiger partial charge in [0.15, 0.2) is 6.33 Å². The van der Waals surface area contributed by atoms with Crippen LogP contribution in [0.4, 0.5) is 22.0 Å². The van der Waals surface area contributed by atoms with E-state index in [1.807, 2.05) is 13.8 Å². The number of nitrogens with zero attached hydrogens (tertiary/aromatic N) is 2. The Bertz CT molecular complexity index is 1840. The summed E-state index contributed by atoms with van der Waals surface area (Å²) in [7, 11) is 0. The van der Waals surface area contributed by atoms with Crippen molar-refractivity contribution < 1.29 is 40.9 Å². The first-order chi connectivity index (χ1) is 23.7. The number of para-hydroxylation sites is 1. The summed E-state index contributed by atoms with van der Waals surface area (Å²) in [4.78, 5) is 48.8. The van der Waals surface area contributed by atoms with Gasteiger partial charge in [-0.1, -0.05) is 63.9 Å². The molecule has 0 aliphatic heterocycles. The lowest BCUT2D eigenvalue weighted by Gasteiger charge is -2.39. The second kappa shape index (κ2) is 14.6. The third-order valence-electron chi connectivity index (χ3n) is 9.77. The predicted octanol–water partition coefficient (Wildman–Crippen LogP) is 5.87. The Labute approximate surface area is 285 Å². The number of amides is 3. The Hall–Kier alpha value is -4.82. The summed E-state index contributed by atoms with van der Waals surface area (Å²) in [6.45, 7) is 7.26. The van der Waals surface area contributed by atoms with Gasteiger partial charge >= 0.3 is 6.18 Å². The molecule has 1 aliphatic carbocycles. The van der Waals surface area contributed by atoms with Gasteiger partial charge in [0, 0.05) is 23.1 Å². The number of hydrogen-bond donors (Lipinski definition) is 4. The molecule has 50 heavy (non-hydrogen) atoms. The SMILES string of the molecule is CCC(C)[C@H](NC(=O)Cc1c(F)cccc1F)C(=O)N[C@]1(C(=O)N[C@H](c2ncno2)C(C)CC)CCc2[nH]c3c(C(F)(F)F)cccc3c2C1. The van der Waals surface area contributed by atoms with E-state index in [0.29, 0.717) is 24.1 Å². The van der Waals surface area contributed by atoms with Gasteiger partial charge in [0.05, 0.1) is 17.5 Å². The topological polar surface area (TPSA) is 142 Å². The van der Waals surface area contributed by atoms with Crippen LogP contribution in [0.2, 0.25) is 0 Å². The molecule has 5 rings (SSSR count). The van der Waals surface area contributed by atoms with E-state index in [1.54, 1.807) is 13.8 Å². The smallest absolute Gasteiger partial charge is 0.358 e. The summed E-state index contributed by atoms with van der Waals surface area (Å²) in [6.07, 6.45) is -3.20. The highest BCUT2D eigenvalue weighted by atomic mass is 19.4. The van der Waals surface area contributed by atoms with Crippen LogP contribution < -0.4 is 16.0 Å². The number of aromatic amines is 1. The van der Waals surface area contributed by atoms with Gasteiger partial charge in [0.1, 0.15) is 29.3 Å². The number of alkyl halides is 3. The number of carbonyl (C=O) groups is 3. The Morgan fingerprint density at radius 1 is 1.00 bits per heavy atom. The standard InChI is InChI=1S/C35H39F5N6O4/c1-5-18(3)28(44-27(47)15-21-24(36)11-8-12-25(21)37)31(48)46-34(33(49)45-29(19(4)6-2)32-41-17-42-50-32)14-13-26-22(16-34)20-9-7-10-23(30(20)43-26)35(38,39)40/h7-12,17-19,28-29,43H,5-6,13-16H2,1-4H3,(H,44,47)(H,45,49)(H,46,48)/t18?,19?,28-,29-,34+/m0/s1. The zero-order chi connectivity index (χ0) is 36.4. The maximum Gasteiger partial charge on any atom is 0.418 e. The van der Waals surface area contributed by atoms with Gasteiger partial charge in [-0.3, -0.25) is 14.4 Å². The van der Waals surface area contributed by atoms with Crippen LogP contribution in [0.15, 0.2) is 47.2 Å². The summed E-state index contributed by atoms with van der Waals surface area (Å²) in [5.41, 5.74) is -2.21. The first kappa shape index (κ1) is 36.5. The predicted molar refractivity (Wildman–Crippen MR) is 172 cm³/mol. The molecule has 0 saturated heterocycles. The minimum Gasteiger partial charge on any atom is -0.358 e. The van der Waals surface area contributed by atoms with Gasteiger partial charge in [0.2, 0.25) is 23.6 Å². The molecule has 4 aromatic rings. The Morgan fingerprint density at radius 2 is 1.68 bits per heavy atom. The van der Waals surface area contributed by atoms with Crippen LogP contribution in [0, 0.1) is 23.5 Å². The van der Waals surface area contributed by atoms with Crippen LogP contribution >= 0.6 is 0 Å². The summed E-state index contributed by atoms with van der Waals surface area (Å²) in [5.74, 6) is -4.57.